The van der Waals surface area contributed by atoms with Crippen molar-refractivity contribution in [2.75, 3.05) is 0 Å². The second-order valence-corrected chi connectivity index (χ2v) is 5.16. The molecule has 1 aromatic rings. The summed E-state index contributed by atoms with van der Waals surface area (Å²) < 4.78 is 0. The molecule has 0 spiro atoms. The van der Waals surface area contributed by atoms with Gasteiger partial charge < -0.3 is 5.11 Å². The van der Waals surface area contributed by atoms with Gasteiger partial charge in [0.05, 0.1) is 0 Å². The van der Waals surface area contributed by atoms with Crippen LogP contribution in [0.25, 0.3) is 0 Å². The van der Waals surface area contributed by atoms with E-state index in [-0.39, 0.29) is 0 Å². The number of aromatic hydroxyl groups is 1. The fourth-order valence-corrected chi connectivity index (χ4v) is 2.70. The van der Waals surface area contributed by atoms with Gasteiger partial charge in [-0.1, -0.05) is 52.7 Å². The third kappa shape index (κ3) is 3.49. The van der Waals surface area contributed by atoms with Gasteiger partial charge >= 0.3 is 0 Å². The number of hydrogen-bond acceptors (Lipinski definition) is 1. The summed E-state index contributed by atoms with van der Waals surface area (Å²) in [5.74, 6) is 1.48. The summed E-state index contributed by atoms with van der Waals surface area (Å²) in [6, 6.07) is 5.98. The van der Waals surface area contributed by atoms with Crippen LogP contribution in [0.3, 0.4) is 0 Å². The van der Waals surface area contributed by atoms with E-state index < -0.39 is 0 Å². The van der Waals surface area contributed by atoms with Crippen molar-refractivity contribution in [2.45, 2.75) is 65.2 Å². The van der Waals surface area contributed by atoms with Crippen molar-refractivity contribution in [3.8, 4) is 5.75 Å². The van der Waals surface area contributed by atoms with E-state index in [1.54, 1.807) is 0 Å². The summed E-state index contributed by atoms with van der Waals surface area (Å²) >= 11 is 0. The van der Waals surface area contributed by atoms with Gasteiger partial charge in [-0.2, -0.15) is 0 Å². The van der Waals surface area contributed by atoms with Gasteiger partial charge in [-0.15, -0.1) is 0 Å². The molecule has 0 amide bonds. The Kier molecular flexibility index (Phi) is 5.54. The Hall–Kier alpha value is -0.980. The number of phenols is 1. The molecule has 1 nitrogen and oxygen atoms in total. The Balaban J connectivity index is 3.07. The normalized spacial score (nSPS) is 14.6. The zero-order chi connectivity index (χ0) is 12.8. The van der Waals surface area contributed by atoms with Gasteiger partial charge in [-0.05, 0) is 36.3 Å². The van der Waals surface area contributed by atoms with Crippen LogP contribution in [0.15, 0.2) is 18.2 Å². The maximum atomic E-state index is 10.1. The summed E-state index contributed by atoms with van der Waals surface area (Å²) in [4.78, 5) is 0. The molecular formula is C16H26O. The maximum absolute atomic E-state index is 10.1. The topological polar surface area (TPSA) is 20.2 Å². The second-order valence-electron chi connectivity index (χ2n) is 5.16. The molecule has 0 saturated heterocycles. The summed E-state index contributed by atoms with van der Waals surface area (Å²) in [7, 11) is 0. The smallest absolute Gasteiger partial charge is 0.119 e. The van der Waals surface area contributed by atoms with Gasteiger partial charge in [0.25, 0.3) is 0 Å². The molecule has 0 bridgehead atoms. The molecule has 0 saturated carbocycles. The highest BCUT2D eigenvalue weighted by Crippen LogP contribution is 2.36. The predicted molar refractivity (Wildman–Crippen MR) is 74.8 cm³/mol. The molecule has 0 aliphatic rings. The van der Waals surface area contributed by atoms with E-state index in [2.05, 4.69) is 33.8 Å². The number of hydrogen-bond donors (Lipinski definition) is 1. The van der Waals surface area contributed by atoms with E-state index in [0.717, 1.165) is 12.8 Å². The van der Waals surface area contributed by atoms with Gasteiger partial charge in [0, 0.05) is 5.56 Å². The van der Waals surface area contributed by atoms with Crippen LogP contribution in [0.4, 0.5) is 0 Å². The average Bonchev–Trinajstić information content (AvgIpc) is 2.29. The van der Waals surface area contributed by atoms with Crippen LogP contribution in [-0.4, -0.2) is 5.11 Å². The van der Waals surface area contributed by atoms with Crippen LogP contribution >= 0.6 is 0 Å². The first-order chi connectivity index (χ1) is 8.11. The first-order valence-corrected chi connectivity index (χ1v) is 6.93. The van der Waals surface area contributed by atoms with Crippen molar-refractivity contribution in [1.29, 1.82) is 0 Å². The number of benzene rings is 1. The lowest BCUT2D eigenvalue weighted by Crippen LogP contribution is -2.03. The third-order valence-electron chi connectivity index (χ3n) is 3.58. The molecule has 2 unspecified atom stereocenters. The zero-order valence-electron chi connectivity index (χ0n) is 11.7. The van der Waals surface area contributed by atoms with Gasteiger partial charge in [0.2, 0.25) is 0 Å². The molecule has 1 heteroatoms. The Morgan fingerprint density at radius 1 is 1.00 bits per heavy atom. The lowest BCUT2D eigenvalue weighted by Gasteiger charge is -2.21. The summed E-state index contributed by atoms with van der Waals surface area (Å²) in [6.45, 7) is 8.90. The summed E-state index contributed by atoms with van der Waals surface area (Å²) in [5, 5.41) is 10.1. The molecule has 0 radical (unpaired) electrons. The lowest BCUT2D eigenvalue weighted by molar-refractivity contribution is 0.456. The van der Waals surface area contributed by atoms with E-state index in [0.29, 0.717) is 17.6 Å². The first kappa shape index (κ1) is 14.1. The number of rotatable bonds is 6. The van der Waals surface area contributed by atoms with Crippen LogP contribution in [-0.2, 0) is 0 Å². The van der Waals surface area contributed by atoms with E-state index in [1.165, 1.54) is 24.0 Å². The van der Waals surface area contributed by atoms with Crippen molar-refractivity contribution < 1.29 is 5.11 Å². The van der Waals surface area contributed by atoms with Gasteiger partial charge in [0.15, 0.2) is 0 Å². The molecule has 0 heterocycles. The van der Waals surface area contributed by atoms with Crippen LogP contribution in [0.1, 0.15) is 76.3 Å². The van der Waals surface area contributed by atoms with Crippen molar-refractivity contribution in [3.05, 3.63) is 29.3 Å². The molecule has 0 aliphatic heterocycles. The molecular weight excluding hydrogens is 208 g/mol. The van der Waals surface area contributed by atoms with E-state index in [1.807, 2.05) is 12.1 Å². The Bertz CT molecular complexity index is 343. The quantitative estimate of drug-likeness (QED) is 0.717. The Morgan fingerprint density at radius 3 is 2.18 bits per heavy atom. The fourth-order valence-electron chi connectivity index (χ4n) is 2.70. The molecule has 1 aromatic carbocycles. The average molecular weight is 234 g/mol. The SMILES string of the molecule is CCCC(C)c1cccc(O)c1C(C)CCC. The molecule has 0 aromatic heterocycles. The Labute approximate surface area is 106 Å². The van der Waals surface area contributed by atoms with E-state index in [4.69, 9.17) is 0 Å². The van der Waals surface area contributed by atoms with Crippen LogP contribution in [0.5, 0.6) is 5.75 Å². The number of phenolic OH excluding ortho intramolecular Hbond substituents is 1. The second kappa shape index (κ2) is 6.68. The molecule has 1 N–H and O–H groups in total. The van der Waals surface area contributed by atoms with E-state index in [9.17, 15) is 5.11 Å². The summed E-state index contributed by atoms with van der Waals surface area (Å²) in [5.41, 5.74) is 2.52. The molecule has 17 heavy (non-hydrogen) atoms. The maximum Gasteiger partial charge on any atom is 0.119 e. The summed E-state index contributed by atoms with van der Waals surface area (Å²) in [6.07, 6.45) is 4.69. The van der Waals surface area contributed by atoms with Crippen molar-refractivity contribution in [2.24, 2.45) is 0 Å². The largest absolute Gasteiger partial charge is 0.508 e. The molecule has 0 fully saturated rings. The van der Waals surface area contributed by atoms with Crippen molar-refractivity contribution in [3.63, 3.8) is 0 Å². The standard InChI is InChI=1S/C16H26O/c1-5-8-12(3)14-10-7-11-15(17)16(14)13(4)9-6-2/h7,10-13,17H,5-6,8-9H2,1-4H3. The van der Waals surface area contributed by atoms with E-state index >= 15 is 0 Å². The third-order valence-corrected chi connectivity index (χ3v) is 3.58. The van der Waals surface area contributed by atoms with Crippen LogP contribution in [0, 0.1) is 0 Å². The van der Waals surface area contributed by atoms with Crippen molar-refractivity contribution >= 4 is 0 Å². The minimum atomic E-state index is 0.454. The highest BCUT2D eigenvalue weighted by molar-refractivity contribution is 5.43. The van der Waals surface area contributed by atoms with Gasteiger partial charge in [0.1, 0.15) is 5.75 Å². The Morgan fingerprint density at radius 2 is 1.59 bits per heavy atom. The molecule has 2 atom stereocenters. The highest BCUT2D eigenvalue weighted by Gasteiger charge is 2.17. The minimum absolute atomic E-state index is 0.454. The van der Waals surface area contributed by atoms with Crippen LogP contribution in [0.2, 0.25) is 0 Å². The van der Waals surface area contributed by atoms with Crippen LogP contribution < -0.4 is 0 Å². The van der Waals surface area contributed by atoms with Gasteiger partial charge in [-0.3, -0.25) is 0 Å². The monoisotopic (exact) mass is 234 g/mol. The highest BCUT2D eigenvalue weighted by atomic mass is 16.3. The molecule has 0 aliphatic carbocycles. The van der Waals surface area contributed by atoms with Gasteiger partial charge in [-0.25, -0.2) is 0 Å². The fraction of sp³-hybridized carbons (Fsp3) is 0.625. The molecule has 96 valence electrons. The predicted octanol–water partition coefficient (Wildman–Crippen LogP) is 5.20. The van der Waals surface area contributed by atoms with Crippen molar-refractivity contribution in [1.82, 2.24) is 0 Å². The first-order valence-electron chi connectivity index (χ1n) is 6.93. The lowest BCUT2D eigenvalue weighted by atomic mass is 9.84. The molecule has 1 rings (SSSR count). The zero-order valence-corrected chi connectivity index (χ0v) is 11.7. The minimum Gasteiger partial charge on any atom is -0.508 e.